The molecule has 0 saturated heterocycles. The largest absolute Gasteiger partial charge is 0.507 e. The second-order valence-electron chi connectivity index (χ2n) is 4.96. The molecule has 1 atom stereocenters. The van der Waals surface area contributed by atoms with Crippen LogP contribution in [0.3, 0.4) is 0 Å². The predicted molar refractivity (Wildman–Crippen MR) is 79.2 cm³/mol. The van der Waals surface area contributed by atoms with Gasteiger partial charge in [-0.1, -0.05) is 44.2 Å². The van der Waals surface area contributed by atoms with Crippen LogP contribution in [0.15, 0.2) is 36.4 Å². The molecule has 2 rings (SSSR count). The maximum Gasteiger partial charge on any atom is 0.123 e. The summed E-state index contributed by atoms with van der Waals surface area (Å²) in [6.45, 7) is 4.34. The lowest BCUT2D eigenvalue weighted by Gasteiger charge is -2.17. The summed E-state index contributed by atoms with van der Waals surface area (Å²) in [6.07, 6.45) is 0.953. The first-order valence-electron chi connectivity index (χ1n) is 6.05. The van der Waals surface area contributed by atoms with Gasteiger partial charge in [0.2, 0.25) is 0 Å². The van der Waals surface area contributed by atoms with Gasteiger partial charge in [-0.3, -0.25) is 0 Å². The summed E-state index contributed by atoms with van der Waals surface area (Å²) in [5, 5.41) is 11.8. The van der Waals surface area contributed by atoms with Crippen molar-refractivity contribution in [2.45, 2.75) is 26.3 Å². The van der Waals surface area contributed by atoms with Crippen molar-refractivity contribution in [3.05, 3.63) is 42.0 Å². The summed E-state index contributed by atoms with van der Waals surface area (Å²) in [7, 11) is 0. The van der Waals surface area contributed by atoms with Gasteiger partial charge in [0.1, 0.15) is 5.75 Å². The Hall–Kier alpha value is -1.25. The minimum Gasteiger partial charge on any atom is -0.507 e. The molecule has 0 unspecified atom stereocenters. The molecule has 3 N–H and O–H groups in total. The quantitative estimate of drug-likeness (QED) is 0.881. The highest BCUT2D eigenvalue weighted by Gasteiger charge is 2.12. The number of rotatable bonds is 3. The third-order valence-corrected chi connectivity index (χ3v) is 3.06. The molecular weight excluding hydrogens is 246 g/mol. The molecule has 0 amide bonds. The lowest BCUT2D eigenvalue weighted by atomic mass is 9.93. The van der Waals surface area contributed by atoms with E-state index in [1.54, 1.807) is 6.07 Å². The Morgan fingerprint density at radius 2 is 1.67 bits per heavy atom. The van der Waals surface area contributed by atoms with Crippen LogP contribution in [0.5, 0.6) is 5.75 Å². The zero-order valence-electron chi connectivity index (χ0n) is 10.8. The van der Waals surface area contributed by atoms with Crippen molar-refractivity contribution >= 4 is 23.2 Å². The van der Waals surface area contributed by atoms with Gasteiger partial charge < -0.3 is 10.8 Å². The molecule has 18 heavy (non-hydrogen) atoms. The Balaban J connectivity index is 0.00000162. The smallest absolute Gasteiger partial charge is 0.123 e. The van der Waals surface area contributed by atoms with Crippen LogP contribution in [0.4, 0.5) is 0 Å². The Morgan fingerprint density at radius 1 is 1.06 bits per heavy atom. The highest BCUT2D eigenvalue weighted by molar-refractivity contribution is 5.91. The van der Waals surface area contributed by atoms with E-state index in [0.29, 0.717) is 11.7 Å². The van der Waals surface area contributed by atoms with Gasteiger partial charge in [-0.05, 0) is 29.4 Å². The van der Waals surface area contributed by atoms with E-state index in [9.17, 15) is 5.11 Å². The molecule has 0 saturated carbocycles. The standard InChI is InChI=1S/C15H19NO.ClH/c1-10(2)9-14(16)12-7-8-15(17)13-6-4-3-5-11(12)13;/h3-8,10,14,17H,9,16H2,1-2H3;1H/t14-;/m0./s1. The first kappa shape index (κ1) is 14.8. The summed E-state index contributed by atoms with van der Waals surface area (Å²) < 4.78 is 0. The van der Waals surface area contributed by atoms with Crippen LogP contribution in [0.2, 0.25) is 0 Å². The van der Waals surface area contributed by atoms with E-state index in [1.807, 2.05) is 30.3 Å². The van der Waals surface area contributed by atoms with Crippen LogP contribution < -0.4 is 5.73 Å². The molecular formula is C15H20ClNO. The fraction of sp³-hybridized carbons (Fsp3) is 0.333. The number of phenolic OH excluding ortho intramolecular Hbond substituents is 1. The highest BCUT2D eigenvalue weighted by Crippen LogP contribution is 2.31. The monoisotopic (exact) mass is 265 g/mol. The molecule has 2 aromatic carbocycles. The van der Waals surface area contributed by atoms with Crippen molar-refractivity contribution in [3.8, 4) is 5.75 Å². The Kier molecular flexibility index (Phi) is 5.00. The van der Waals surface area contributed by atoms with Crippen LogP contribution >= 0.6 is 12.4 Å². The van der Waals surface area contributed by atoms with Crippen LogP contribution in [0.1, 0.15) is 31.9 Å². The van der Waals surface area contributed by atoms with Gasteiger partial charge in [-0.15, -0.1) is 12.4 Å². The second kappa shape index (κ2) is 6.07. The van der Waals surface area contributed by atoms with Crippen LogP contribution in [0.25, 0.3) is 10.8 Å². The van der Waals surface area contributed by atoms with Gasteiger partial charge in [0.05, 0.1) is 0 Å². The van der Waals surface area contributed by atoms with Gasteiger partial charge in [0.15, 0.2) is 0 Å². The van der Waals surface area contributed by atoms with E-state index in [-0.39, 0.29) is 18.4 Å². The molecule has 0 bridgehead atoms. The van der Waals surface area contributed by atoms with E-state index in [0.717, 1.165) is 22.8 Å². The number of benzene rings is 2. The third-order valence-electron chi connectivity index (χ3n) is 3.06. The predicted octanol–water partition coefficient (Wildman–Crippen LogP) is 4.01. The number of hydrogen-bond acceptors (Lipinski definition) is 2. The fourth-order valence-electron chi connectivity index (χ4n) is 2.26. The number of fused-ring (bicyclic) bond motifs is 1. The van der Waals surface area contributed by atoms with Gasteiger partial charge in [-0.25, -0.2) is 0 Å². The van der Waals surface area contributed by atoms with E-state index in [1.165, 1.54) is 0 Å². The van der Waals surface area contributed by atoms with E-state index >= 15 is 0 Å². The minimum absolute atomic E-state index is 0. The molecule has 0 aliphatic carbocycles. The highest BCUT2D eigenvalue weighted by atomic mass is 35.5. The summed E-state index contributed by atoms with van der Waals surface area (Å²) in [4.78, 5) is 0. The molecule has 0 fully saturated rings. The Morgan fingerprint density at radius 3 is 2.28 bits per heavy atom. The first-order chi connectivity index (χ1) is 8.09. The van der Waals surface area contributed by atoms with Crippen molar-refractivity contribution in [1.82, 2.24) is 0 Å². The Bertz CT molecular complexity index is 525. The van der Waals surface area contributed by atoms with Crippen LogP contribution in [0, 0.1) is 5.92 Å². The molecule has 0 aliphatic heterocycles. The van der Waals surface area contributed by atoms with Crippen molar-refractivity contribution in [1.29, 1.82) is 0 Å². The van der Waals surface area contributed by atoms with Gasteiger partial charge in [-0.2, -0.15) is 0 Å². The van der Waals surface area contributed by atoms with Crippen molar-refractivity contribution < 1.29 is 5.11 Å². The van der Waals surface area contributed by atoms with Crippen LogP contribution in [-0.4, -0.2) is 5.11 Å². The number of aromatic hydroxyl groups is 1. The molecule has 3 heteroatoms. The zero-order chi connectivity index (χ0) is 12.4. The molecule has 2 nitrogen and oxygen atoms in total. The summed E-state index contributed by atoms with van der Waals surface area (Å²) in [6, 6.07) is 11.6. The maximum atomic E-state index is 9.82. The van der Waals surface area contributed by atoms with Crippen LogP contribution in [-0.2, 0) is 0 Å². The lowest BCUT2D eigenvalue weighted by molar-refractivity contribution is 0.480. The molecule has 0 aromatic heterocycles. The zero-order valence-corrected chi connectivity index (χ0v) is 11.6. The average molecular weight is 266 g/mol. The van der Waals surface area contributed by atoms with E-state index in [4.69, 9.17) is 5.73 Å². The summed E-state index contributed by atoms with van der Waals surface area (Å²) >= 11 is 0. The van der Waals surface area contributed by atoms with E-state index in [2.05, 4.69) is 13.8 Å². The van der Waals surface area contributed by atoms with Crippen molar-refractivity contribution in [3.63, 3.8) is 0 Å². The second-order valence-corrected chi connectivity index (χ2v) is 4.96. The molecule has 98 valence electrons. The lowest BCUT2D eigenvalue weighted by Crippen LogP contribution is -2.13. The maximum absolute atomic E-state index is 9.82. The molecule has 0 radical (unpaired) electrons. The van der Waals surface area contributed by atoms with Crippen molar-refractivity contribution in [2.24, 2.45) is 11.7 Å². The summed E-state index contributed by atoms with van der Waals surface area (Å²) in [5.74, 6) is 0.888. The SMILES string of the molecule is CC(C)C[C@H](N)c1ccc(O)c2ccccc12.Cl. The number of phenols is 1. The molecule has 0 heterocycles. The minimum atomic E-state index is 0. The van der Waals surface area contributed by atoms with E-state index < -0.39 is 0 Å². The Labute approximate surface area is 114 Å². The number of halogens is 1. The molecule has 2 aromatic rings. The third kappa shape index (κ3) is 2.95. The topological polar surface area (TPSA) is 46.2 Å². The molecule has 0 aliphatic rings. The summed E-state index contributed by atoms with van der Waals surface area (Å²) in [5.41, 5.74) is 7.35. The number of hydrogen-bond donors (Lipinski definition) is 2. The van der Waals surface area contributed by atoms with Gasteiger partial charge in [0.25, 0.3) is 0 Å². The molecule has 0 spiro atoms. The average Bonchev–Trinajstić information content (AvgIpc) is 2.29. The van der Waals surface area contributed by atoms with Gasteiger partial charge >= 0.3 is 0 Å². The first-order valence-corrected chi connectivity index (χ1v) is 6.05. The fourth-order valence-corrected chi connectivity index (χ4v) is 2.26. The van der Waals surface area contributed by atoms with Gasteiger partial charge in [0, 0.05) is 11.4 Å². The normalized spacial score (nSPS) is 12.4. The number of nitrogens with two attached hydrogens (primary N) is 1. The van der Waals surface area contributed by atoms with Crippen molar-refractivity contribution in [2.75, 3.05) is 0 Å².